The summed E-state index contributed by atoms with van der Waals surface area (Å²) in [7, 11) is 3.35. The van der Waals surface area contributed by atoms with E-state index in [0.717, 1.165) is 42.5 Å². The van der Waals surface area contributed by atoms with Gasteiger partial charge in [-0.1, -0.05) is 24.3 Å². The van der Waals surface area contributed by atoms with Crippen molar-refractivity contribution in [1.29, 1.82) is 0 Å². The fourth-order valence-corrected chi connectivity index (χ4v) is 2.36. The normalized spacial score (nSPS) is 11.1. The Morgan fingerprint density at radius 2 is 1.40 bits per heavy atom. The van der Waals surface area contributed by atoms with E-state index in [1.165, 1.54) is 5.56 Å². The second-order valence-corrected chi connectivity index (χ2v) is 5.57. The molecule has 0 saturated carbocycles. The van der Waals surface area contributed by atoms with Gasteiger partial charge in [-0.2, -0.15) is 0 Å². The highest BCUT2D eigenvalue weighted by Gasteiger charge is 2.00. The van der Waals surface area contributed by atoms with Crippen molar-refractivity contribution in [1.82, 2.24) is 10.6 Å². The monoisotopic (exact) mass is 341 g/mol. The van der Waals surface area contributed by atoms with Gasteiger partial charge in [-0.15, -0.1) is 0 Å². The largest absolute Gasteiger partial charge is 0.497 e. The number of aliphatic imine (C=N–C) groups is 1. The number of hydrogen-bond acceptors (Lipinski definition) is 3. The first-order chi connectivity index (χ1) is 12.2. The molecule has 2 N–H and O–H groups in total. The van der Waals surface area contributed by atoms with Crippen molar-refractivity contribution in [2.45, 2.75) is 19.9 Å². The molecular weight excluding hydrogens is 314 g/mol. The van der Waals surface area contributed by atoms with Crippen molar-refractivity contribution in [2.24, 2.45) is 4.99 Å². The van der Waals surface area contributed by atoms with E-state index >= 15 is 0 Å². The molecule has 5 nitrogen and oxygen atoms in total. The lowest BCUT2D eigenvalue weighted by atomic mass is 10.1. The van der Waals surface area contributed by atoms with Gasteiger partial charge in [0.25, 0.3) is 0 Å². The molecule has 0 radical (unpaired) electrons. The van der Waals surface area contributed by atoms with Crippen LogP contribution in [0.3, 0.4) is 0 Å². The molecule has 0 aromatic heterocycles. The number of guanidine groups is 1. The van der Waals surface area contributed by atoms with Gasteiger partial charge >= 0.3 is 0 Å². The Hall–Kier alpha value is -2.69. The minimum atomic E-state index is 0.627. The average molecular weight is 341 g/mol. The summed E-state index contributed by atoms with van der Waals surface area (Å²) in [6.07, 6.45) is 0.928. The van der Waals surface area contributed by atoms with Gasteiger partial charge in [0, 0.05) is 13.1 Å². The molecule has 2 aromatic carbocycles. The lowest BCUT2D eigenvalue weighted by Crippen LogP contribution is -2.38. The van der Waals surface area contributed by atoms with Gasteiger partial charge < -0.3 is 20.1 Å². The van der Waals surface area contributed by atoms with Crippen molar-refractivity contribution in [3.63, 3.8) is 0 Å². The quantitative estimate of drug-likeness (QED) is 0.572. The molecule has 0 aliphatic carbocycles. The maximum absolute atomic E-state index is 5.18. The Balaban J connectivity index is 1.85. The predicted molar refractivity (Wildman–Crippen MR) is 103 cm³/mol. The van der Waals surface area contributed by atoms with Crippen LogP contribution in [0.1, 0.15) is 18.1 Å². The van der Waals surface area contributed by atoms with Crippen LogP contribution in [0.25, 0.3) is 0 Å². The molecule has 25 heavy (non-hydrogen) atoms. The number of methoxy groups -OCH3 is 2. The predicted octanol–water partition coefficient (Wildman–Crippen LogP) is 3.00. The minimum absolute atomic E-state index is 0.627. The van der Waals surface area contributed by atoms with E-state index in [1.807, 2.05) is 36.4 Å². The Labute approximate surface area is 150 Å². The van der Waals surface area contributed by atoms with Gasteiger partial charge in [-0.05, 0) is 48.7 Å². The topological polar surface area (TPSA) is 54.9 Å². The van der Waals surface area contributed by atoms with Crippen molar-refractivity contribution in [3.8, 4) is 11.5 Å². The third kappa shape index (κ3) is 6.37. The second kappa shape index (κ2) is 10.2. The molecule has 0 unspecified atom stereocenters. The summed E-state index contributed by atoms with van der Waals surface area (Å²) in [4.78, 5) is 4.63. The van der Waals surface area contributed by atoms with E-state index in [0.29, 0.717) is 6.54 Å². The fourth-order valence-electron chi connectivity index (χ4n) is 2.36. The smallest absolute Gasteiger partial charge is 0.191 e. The molecule has 0 aliphatic heterocycles. The number of benzene rings is 2. The molecule has 0 heterocycles. The zero-order valence-electron chi connectivity index (χ0n) is 15.2. The molecule has 0 atom stereocenters. The maximum atomic E-state index is 5.18. The van der Waals surface area contributed by atoms with Crippen LogP contribution in [0.15, 0.2) is 53.5 Å². The maximum Gasteiger partial charge on any atom is 0.191 e. The fraction of sp³-hybridized carbons (Fsp3) is 0.350. The molecule has 134 valence electrons. The second-order valence-electron chi connectivity index (χ2n) is 5.57. The van der Waals surface area contributed by atoms with Crippen LogP contribution < -0.4 is 20.1 Å². The number of ether oxygens (including phenoxy) is 2. The third-order valence-corrected chi connectivity index (χ3v) is 3.79. The first-order valence-electron chi connectivity index (χ1n) is 8.53. The molecule has 2 aromatic rings. The standard InChI is InChI=1S/C20H27N3O2/c1-4-21-20(23-15-17-7-11-19(25-3)12-8-17)22-14-13-16-5-9-18(24-2)10-6-16/h5-12H,4,13-15H2,1-3H3,(H2,21,22,23). The van der Waals surface area contributed by atoms with Crippen molar-refractivity contribution in [3.05, 3.63) is 59.7 Å². The van der Waals surface area contributed by atoms with Crippen LogP contribution in [0, 0.1) is 0 Å². The summed E-state index contributed by atoms with van der Waals surface area (Å²) >= 11 is 0. The Bertz CT molecular complexity index is 652. The summed E-state index contributed by atoms with van der Waals surface area (Å²) in [6.45, 7) is 4.34. The van der Waals surface area contributed by atoms with E-state index in [-0.39, 0.29) is 0 Å². The molecule has 0 fully saturated rings. The van der Waals surface area contributed by atoms with Crippen LogP contribution in [-0.2, 0) is 13.0 Å². The van der Waals surface area contributed by atoms with Crippen LogP contribution in [0.4, 0.5) is 0 Å². The molecular formula is C20H27N3O2. The Morgan fingerprint density at radius 3 is 1.92 bits per heavy atom. The zero-order chi connectivity index (χ0) is 17.9. The van der Waals surface area contributed by atoms with E-state index < -0.39 is 0 Å². The molecule has 0 spiro atoms. The highest BCUT2D eigenvalue weighted by molar-refractivity contribution is 5.79. The highest BCUT2D eigenvalue weighted by atomic mass is 16.5. The molecule has 2 rings (SSSR count). The summed E-state index contributed by atoms with van der Waals surface area (Å²) in [6, 6.07) is 16.1. The molecule has 0 aliphatic rings. The number of nitrogens with one attached hydrogen (secondary N) is 2. The summed E-state index contributed by atoms with van der Waals surface area (Å²) in [5, 5.41) is 6.65. The van der Waals surface area contributed by atoms with Gasteiger partial charge in [-0.25, -0.2) is 4.99 Å². The third-order valence-electron chi connectivity index (χ3n) is 3.79. The lowest BCUT2D eigenvalue weighted by Gasteiger charge is -2.11. The van der Waals surface area contributed by atoms with Crippen molar-refractivity contribution in [2.75, 3.05) is 27.3 Å². The minimum Gasteiger partial charge on any atom is -0.497 e. The van der Waals surface area contributed by atoms with Gasteiger partial charge in [-0.3, -0.25) is 0 Å². The molecule has 5 heteroatoms. The first-order valence-corrected chi connectivity index (χ1v) is 8.53. The van der Waals surface area contributed by atoms with Crippen LogP contribution >= 0.6 is 0 Å². The number of rotatable bonds is 8. The number of nitrogens with zero attached hydrogens (tertiary/aromatic N) is 1. The summed E-state index contributed by atoms with van der Waals surface area (Å²) < 4.78 is 10.4. The van der Waals surface area contributed by atoms with Crippen molar-refractivity contribution < 1.29 is 9.47 Å². The zero-order valence-corrected chi connectivity index (χ0v) is 15.2. The first kappa shape index (κ1) is 18.6. The highest BCUT2D eigenvalue weighted by Crippen LogP contribution is 2.12. The van der Waals surface area contributed by atoms with Crippen LogP contribution in [-0.4, -0.2) is 33.3 Å². The molecule has 0 amide bonds. The van der Waals surface area contributed by atoms with Gasteiger partial charge in [0.2, 0.25) is 0 Å². The summed E-state index contributed by atoms with van der Waals surface area (Å²) in [5.74, 6) is 2.56. The van der Waals surface area contributed by atoms with Crippen LogP contribution in [0.5, 0.6) is 11.5 Å². The SMILES string of the molecule is CCNC(=NCc1ccc(OC)cc1)NCCc1ccc(OC)cc1. The van der Waals surface area contributed by atoms with Crippen molar-refractivity contribution >= 4 is 5.96 Å². The van der Waals surface area contributed by atoms with Gasteiger partial charge in [0.05, 0.1) is 20.8 Å². The van der Waals surface area contributed by atoms with Gasteiger partial charge in [0.1, 0.15) is 11.5 Å². The Kier molecular flexibility index (Phi) is 7.63. The number of hydrogen-bond donors (Lipinski definition) is 2. The van der Waals surface area contributed by atoms with E-state index in [2.05, 4.69) is 34.7 Å². The van der Waals surface area contributed by atoms with Gasteiger partial charge in [0.15, 0.2) is 5.96 Å². The molecule has 0 bridgehead atoms. The molecule has 0 saturated heterocycles. The van der Waals surface area contributed by atoms with E-state index in [4.69, 9.17) is 9.47 Å². The summed E-state index contributed by atoms with van der Waals surface area (Å²) in [5.41, 5.74) is 2.41. The van der Waals surface area contributed by atoms with E-state index in [9.17, 15) is 0 Å². The lowest BCUT2D eigenvalue weighted by molar-refractivity contribution is 0.414. The van der Waals surface area contributed by atoms with E-state index in [1.54, 1.807) is 14.2 Å². The Morgan fingerprint density at radius 1 is 0.840 bits per heavy atom. The average Bonchev–Trinajstić information content (AvgIpc) is 2.67. The van der Waals surface area contributed by atoms with Crippen LogP contribution in [0.2, 0.25) is 0 Å².